The van der Waals surface area contributed by atoms with Crippen molar-refractivity contribution in [2.75, 3.05) is 26.6 Å². The van der Waals surface area contributed by atoms with Crippen molar-refractivity contribution in [1.29, 1.82) is 0 Å². The minimum atomic E-state index is -3.32. The molecule has 168 valence electrons. The van der Waals surface area contributed by atoms with E-state index >= 15 is 0 Å². The molecule has 0 saturated carbocycles. The van der Waals surface area contributed by atoms with Crippen LogP contribution in [0, 0.1) is 11.7 Å². The van der Waals surface area contributed by atoms with Crippen molar-refractivity contribution < 1.29 is 30.4 Å². The van der Waals surface area contributed by atoms with Crippen LogP contribution >= 0.6 is 0 Å². The number of halogens is 1. The fourth-order valence-electron chi connectivity index (χ4n) is 2.66. The second-order valence-corrected chi connectivity index (χ2v) is 7.39. The van der Waals surface area contributed by atoms with E-state index in [1.807, 2.05) is 13.8 Å². The molecule has 1 saturated heterocycles. The Labute approximate surface area is 202 Å². The van der Waals surface area contributed by atoms with E-state index in [1.54, 1.807) is 0 Å². The lowest BCUT2D eigenvalue weighted by molar-refractivity contribution is 0.127. The summed E-state index contributed by atoms with van der Waals surface area (Å²) in [5, 5.41) is 2.05. The van der Waals surface area contributed by atoms with Gasteiger partial charge in [-0.3, -0.25) is 0 Å². The highest BCUT2D eigenvalue weighted by molar-refractivity contribution is 5.74. The van der Waals surface area contributed by atoms with Crippen molar-refractivity contribution in [3.8, 4) is 5.75 Å². The van der Waals surface area contributed by atoms with Gasteiger partial charge in [0.05, 0.1) is 17.6 Å². The first-order valence-electron chi connectivity index (χ1n) is 15.9. The smallest absolute Gasteiger partial charge is 0.318 e. The number of carbonyl (C=O) groups excluding carboxylic acids is 1. The highest BCUT2D eigenvalue weighted by Gasteiger charge is 2.27. The van der Waals surface area contributed by atoms with Crippen LogP contribution in [0.2, 0.25) is 0 Å². The molecule has 3 rings (SSSR count). The molecule has 1 aliphatic heterocycles. The molecular weight excluding hydrogens is 393 g/mol. The molecule has 31 heavy (non-hydrogen) atoms. The largest absolute Gasteiger partial charge is 0.493 e. The SMILES string of the molecule is [2H]c1c([2H])c(C([2H])([2H])N(C(=O)NC([2H])([2H])c2ccc(OCC(C)C)cc2)C2CC([2H])([2H])N(C)C([2H])([2H])C2)c([2H])c([2H])c1F. The van der Waals surface area contributed by atoms with Gasteiger partial charge in [0.1, 0.15) is 11.6 Å². The molecule has 0 bridgehead atoms. The summed E-state index contributed by atoms with van der Waals surface area (Å²) in [6.45, 7) is -6.54. The van der Waals surface area contributed by atoms with E-state index in [-0.39, 0.29) is 16.4 Å². The van der Waals surface area contributed by atoms with Crippen LogP contribution in [0.5, 0.6) is 5.75 Å². The number of hydrogen-bond acceptors (Lipinski definition) is 3. The molecule has 0 unspecified atom stereocenters. The zero-order valence-corrected chi connectivity index (χ0v) is 17.7. The van der Waals surface area contributed by atoms with E-state index in [2.05, 4.69) is 5.32 Å². The molecule has 0 aromatic heterocycles. The minimum Gasteiger partial charge on any atom is -0.493 e. The Morgan fingerprint density at radius 3 is 2.52 bits per heavy atom. The Hall–Kier alpha value is -2.60. The van der Waals surface area contributed by atoms with Crippen LogP contribution < -0.4 is 10.1 Å². The molecule has 1 N–H and O–H groups in total. The zero-order chi connectivity index (χ0) is 32.9. The van der Waals surface area contributed by atoms with Gasteiger partial charge in [-0.25, -0.2) is 9.18 Å². The maximum absolute atomic E-state index is 14.3. The number of ether oxygens (including phenoxy) is 1. The van der Waals surface area contributed by atoms with E-state index in [9.17, 15) is 9.18 Å². The number of urea groups is 1. The number of carbonyl (C=O) groups is 1. The first-order valence-corrected chi connectivity index (χ1v) is 9.89. The fourth-order valence-corrected chi connectivity index (χ4v) is 2.66. The van der Waals surface area contributed by atoms with E-state index in [0.29, 0.717) is 12.4 Å². The van der Waals surface area contributed by atoms with Crippen molar-refractivity contribution in [3.05, 3.63) is 65.4 Å². The highest BCUT2D eigenvalue weighted by atomic mass is 19.1. The predicted octanol–water partition coefficient (Wildman–Crippen LogP) is 4.67. The number of rotatable bonds is 8. The van der Waals surface area contributed by atoms with E-state index in [0.717, 1.165) is 4.90 Å². The van der Waals surface area contributed by atoms with Gasteiger partial charge in [0, 0.05) is 24.5 Å². The van der Waals surface area contributed by atoms with Gasteiger partial charge in [-0.05, 0) is 74.1 Å². The highest BCUT2D eigenvalue weighted by Crippen LogP contribution is 2.19. The molecular formula is C25H34FN3O2. The molecule has 2 amide bonds. The number of hydrogen-bond donors (Lipinski definition) is 1. The molecule has 0 aliphatic carbocycles. The number of amides is 2. The van der Waals surface area contributed by atoms with Gasteiger partial charge in [0.25, 0.3) is 0 Å². The Balaban J connectivity index is 2.11. The molecule has 0 radical (unpaired) electrons. The third-order valence-corrected chi connectivity index (χ3v) is 4.29. The summed E-state index contributed by atoms with van der Waals surface area (Å²) < 4.78 is 120. The molecule has 1 aliphatic rings. The summed E-state index contributed by atoms with van der Waals surface area (Å²) in [6.07, 6.45) is -1.33. The monoisotopic (exact) mass is 439 g/mol. The Kier molecular flexibility index (Phi) is 4.26. The maximum Gasteiger partial charge on any atom is 0.318 e. The van der Waals surface area contributed by atoms with Crippen LogP contribution in [0.15, 0.2) is 48.4 Å². The summed E-state index contributed by atoms with van der Waals surface area (Å²) in [7, 11) is 1.17. The standard InChI is InChI=1S/C25H34FN3O2/c1-19(2)18-31-24-10-6-20(7-11-24)16-27-25(30)29(23-12-14-28(3)15-13-23)17-21-4-8-22(26)9-5-21/h4-11,19,23H,12-18H2,1-3H3,(H,27,30)/i4D,5D,8D,9D,14D2,15D2,16D2,17D2. The van der Waals surface area contributed by atoms with Crippen LogP contribution in [0.3, 0.4) is 0 Å². The van der Waals surface area contributed by atoms with Crippen molar-refractivity contribution in [3.63, 3.8) is 0 Å². The molecule has 0 atom stereocenters. The summed E-state index contributed by atoms with van der Waals surface area (Å²) in [6, 6.07) is -2.17. The van der Waals surface area contributed by atoms with Crippen LogP contribution in [0.4, 0.5) is 9.18 Å². The van der Waals surface area contributed by atoms with Gasteiger partial charge in [0.15, 0.2) is 0 Å². The quantitative estimate of drug-likeness (QED) is 0.650. The normalized spacial score (nSPS) is 24.9. The molecule has 5 nitrogen and oxygen atoms in total. The third-order valence-electron chi connectivity index (χ3n) is 4.29. The number of benzene rings is 2. The van der Waals surface area contributed by atoms with E-state index in [1.165, 1.54) is 31.3 Å². The van der Waals surface area contributed by atoms with Crippen molar-refractivity contribution in [2.45, 2.75) is 45.7 Å². The lowest BCUT2D eigenvalue weighted by atomic mass is 10.0. The van der Waals surface area contributed by atoms with Gasteiger partial charge in [0.2, 0.25) is 0 Å². The average Bonchev–Trinajstić information content (AvgIpc) is 2.87. The summed E-state index contributed by atoms with van der Waals surface area (Å²) in [5.74, 6) is -0.877. The van der Waals surface area contributed by atoms with Gasteiger partial charge in [-0.2, -0.15) is 0 Å². The second kappa shape index (κ2) is 11.1. The molecule has 2 aromatic rings. The first-order chi connectivity index (χ1) is 19.5. The fraction of sp³-hybridized carbons (Fsp3) is 0.480. The van der Waals surface area contributed by atoms with Crippen LogP contribution in [0.1, 0.15) is 54.3 Å². The Morgan fingerprint density at radius 2 is 1.90 bits per heavy atom. The van der Waals surface area contributed by atoms with Crippen molar-refractivity contribution >= 4 is 6.03 Å². The van der Waals surface area contributed by atoms with Gasteiger partial charge in [-0.1, -0.05) is 38.1 Å². The third kappa shape index (κ3) is 7.24. The van der Waals surface area contributed by atoms with Crippen LogP contribution in [-0.2, 0) is 13.0 Å². The molecule has 6 heteroatoms. The molecule has 2 aromatic carbocycles. The first kappa shape index (κ1) is 11.9. The summed E-state index contributed by atoms with van der Waals surface area (Å²) in [4.78, 5) is 14.9. The lowest BCUT2D eigenvalue weighted by Gasteiger charge is -2.37. The lowest BCUT2D eigenvalue weighted by Crippen LogP contribution is -2.49. The van der Waals surface area contributed by atoms with Gasteiger partial charge < -0.3 is 19.9 Å². The minimum absolute atomic E-state index is 0.0710. The average molecular weight is 440 g/mol. The van der Waals surface area contributed by atoms with Gasteiger partial charge >= 0.3 is 6.03 Å². The summed E-state index contributed by atoms with van der Waals surface area (Å²) >= 11 is 0. The number of piperidine rings is 1. The van der Waals surface area contributed by atoms with Gasteiger partial charge in [-0.15, -0.1) is 0 Å². The second-order valence-electron chi connectivity index (χ2n) is 7.39. The molecule has 1 heterocycles. The van der Waals surface area contributed by atoms with Crippen molar-refractivity contribution in [1.82, 2.24) is 15.1 Å². The molecule has 0 spiro atoms. The maximum atomic E-state index is 14.3. The predicted molar refractivity (Wildman–Crippen MR) is 121 cm³/mol. The van der Waals surface area contributed by atoms with Crippen LogP contribution in [0.25, 0.3) is 0 Å². The van der Waals surface area contributed by atoms with Crippen molar-refractivity contribution in [2.24, 2.45) is 5.92 Å². The molecule has 1 fully saturated rings. The number of likely N-dealkylation sites (tertiary alicyclic amines) is 1. The van der Waals surface area contributed by atoms with E-state index in [4.69, 9.17) is 21.2 Å². The Bertz CT molecular complexity index is 1310. The topological polar surface area (TPSA) is 44.8 Å². The zero-order valence-electron chi connectivity index (χ0n) is 29.7. The Morgan fingerprint density at radius 1 is 1.26 bits per heavy atom. The van der Waals surface area contributed by atoms with Crippen LogP contribution in [-0.4, -0.2) is 48.5 Å². The van der Waals surface area contributed by atoms with E-state index < -0.39 is 86.5 Å². The summed E-state index contributed by atoms with van der Waals surface area (Å²) in [5.41, 5.74) is -1.12. The number of nitrogens with one attached hydrogen (secondary N) is 1. The number of nitrogens with zero attached hydrogens (tertiary/aromatic N) is 2.